The van der Waals surface area contributed by atoms with Gasteiger partial charge in [-0.25, -0.2) is 0 Å². The number of nitrogens with two attached hydrogens (primary N) is 2. The fourth-order valence-electron chi connectivity index (χ4n) is 3.20. The van der Waals surface area contributed by atoms with Gasteiger partial charge in [0.2, 0.25) is 5.91 Å². The van der Waals surface area contributed by atoms with Crippen LogP contribution in [0.1, 0.15) is 33.1 Å². The number of carbonyl (C=O) groups excluding carboxylic acids is 1. The number of carbonyl (C=O) groups is 1. The van der Waals surface area contributed by atoms with Crippen LogP contribution >= 0.6 is 0 Å². The molecular formula is C13H25N3O. The molecule has 17 heavy (non-hydrogen) atoms. The monoisotopic (exact) mass is 239 g/mol. The molecule has 1 saturated heterocycles. The Hall–Kier alpha value is -0.610. The molecule has 1 heterocycles. The van der Waals surface area contributed by atoms with Gasteiger partial charge < -0.3 is 16.4 Å². The molecule has 4 heteroatoms. The van der Waals surface area contributed by atoms with Gasteiger partial charge in [-0.15, -0.1) is 0 Å². The molecule has 98 valence electrons. The zero-order valence-electron chi connectivity index (χ0n) is 10.9. The molecule has 2 fully saturated rings. The number of hydrogen-bond acceptors (Lipinski definition) is 3. The normalized spacial score (nSPS) is 35.8. The minimum absolute atomic E-state index is 0.126. The van der Waals surface area contributed by atoms with Gasteiger partial charge >= 0.3 is 0 Å². The Morgan fingerprint density at radius 2 is 2.12 bits per heavy atom. The number of hydrogen-bond donors (Lipinski definition) is 2. The highest BCUT2D eigenvalue weighted by Gasteiger charge is 2.43. The van der Waals surface area contributed by atoms with E-state index < -0.39 is 0 Å². The van der Waals surface area contributed by atoms with Crippen LogP contribution in [0.3, 0.4) is 0 Å². The molecule has 0 aromatic heterocycles. The summed E-state index contributed by atoms with van der Waals surface area (Å²) in [6.07, 6.45) is 3.25. The van der Waals surface area contributed by atoms with Gasteiger partial charge in [-0.3, -0.25) is 4.79 Å². The molecule has 1 saturated carbocycles. The zero-order chi connectivity index (χ0) is 12.6. The van der Waals surface area contributed by atoms with Gasteiger partial charge in [0.05, 0.1) is 6.04 Å². The van der Waals surface area contributed by atoms with Crippen LogP contribution in [0.15, 0.2) is 0 Å². The molecule has 5 unspecified atom stereocenters. The molecule has 0 aromatic rings. The van der Waals surface area contributed by atoms with E-state index in [9.17, 15) is 4.79 Å². The van der Waals surface area contributed by atoms with E-state index in [-0.39, 0.29) is 23.9 Å². The molecule has 0 aromatic carbocycles. The maximum absolute atomic E-state index is 12.2. The van der Waals surface area contributed by atoms with Crippen molar-refractivity contribution in [1.82, 2.24) is 4.90 Å². The van der Waals surface area contributed by atoms with Crippen LogP contribution in [0.2, 0.25) is 0 Å². The largest absolute Gasteiger partial charge is 0.341 e. The summed E-state index contributed by atoms with van der Waals surface area (Å²) < 4.78 is 0. The van der Waals surface area contributed by atoms with Crippen molar-refractivity contribution in [2.75, 3.05) is 13.1 Å². The van der Waals surface area contributed by atoms with Crippen molar-refractivity contribution >= 4 is 5.91 Å². The molecule has 4 nitrogen and oxygen atoms in total. The van der Waals surface area contributed by atoms with Crippen molar-refractivity contribution in [3.63, 3.8) is 0 Å². The Labute approximate surface area is 104 Å². The van der Waals surface area contributed by atoms with Crippen molar-refractivity contribution in [1.29, 1.82) is 0 Å². The third-order valence-corrected chi connectivity index (χ3v) is 4.77. The van der Waals surface area contributed by atoms with E-state index in [1.807, 2.05) is 11.8 Å². The summed E-state index contributed by atoms with van der Waals surface area (Å²) in [7, 11) is 0. The van der Waals surface area contributed by atoms with Gasteiger partial charge in [0.15, 0.2) is 0 Å². The summed E-state index contributed by atoms with van der Waals surface area (Å²) in [5.41, 5.74) is 12.1. The first kappa shape index (κ1) is 12.8. The van der Waals surface area contributed by atoms with Crippen molar-refractivity contribution in [3.8, 4) is 0 Å². The Kier molecular flexibility index (Phi) is 3.73. The highest BCUT2D eigenvalue weighted by Crippen LogP contribution is 2.37. The average Bonchev–Trinajstić information content (AvgIpc) is 2.89. The number of amides is 1. The first-order chi connectivity index (χ1) is 8.04. The lowest BCUT2D eigenvalue weighted by atomic mass is 9.98. The van der Waals surface area contributed by atoms with Crippen LogP contribution in [0.25, 0.3) is 0 Å². The van der Waals surface area contributed by atoms with E-state index in [1.54, 1.807) is 0 Å². The lowest BCUT2D eigenvalue weighted by molar-refractivity contribution is -0.133. The minimum atomic E-state index is -0.338. The smallest absolute Gasteiger partial charge is 0.239 e. The standard InChI is InChI=1S/C13H25N3O/c1-3-8(2)12(15)13(17)16-6-9-4-5-11(14)10(9)7-16/h8-12H,3-7,14-15H2,1-2H3. The van der Waals surface area contributed by atoms with Gasteiger partial charge in [0.25, 0.3) is 0 Å². The lowest BCUT2D eigenvalue weighted by Crippen LogP contribution is -2.46. The van der Waals surface area contributed by atoms with Crippen LogP contribution in [0, 0.1) is 17.8 Å². The van der Waals surface area contributed by atoms with Gasteiger partial charge in [-0.05, 0) is 30.6 Å². The molecule has 0 radical (unpaired) electrons. The second-order valence-corrected chi connectivity index (χ2v) is 5.82. The molecule has 1 aliphatic heterocycles. The minimum Gasteiger partial charge on any atom is -0.341 e. The summed E-state index contributed by atoms with van der Waals surface area (Å²) in [6, 6.07) is -0.0484. The fourth-order valence-corrected chi connectivity index (χ4v) is 3.20. The van der Waals surface area contributed by atoms with E-state index >= 15 is 0 Å². The van der Waals surface area contributed by atoms with Gasteiger partial charge in [0.1, 0.15) is 0 Å². The molecule has 1 aliphatic carbocycles. The fraction of sp³-hybridized carbons (Fsp3) is 0.923. The summed E-state index contributed by atoms with van der Waals surface area (Å²) in [6.45, 7) is 5.83. The van der Waals surface area contributed by atoms with E-state index in [4.69, 9.17) is 11.5 Å². The summed E-state index contributed by atoms with van der Waals surface area (Å²) in [4.78, 5) is 14.2. The van der Waals surface area contributed by atoms with Crippen LogP contribution in [-0.4, -0.2) is 36.0 Å². The van der Waals surface area contributed by atoms with Crippen LogP contribution in [0.5, 0.6) is 0 Å². The second kappa shape index (κ2) is 4.94. The molecule has 0 spiro atoms. The van der Waals surface area contributed by atoms with Crippen LogP contribution in [-0.2, 0) is 4.79 Å². The van der Waals surface area contributed by atoms with E-state index in [1.165, 1.54) is 6.42 Å². The first-order valence-electron chi connectivity index (χ1n) is 6.84. The number of rotatable bonds is 3. The third kappa shape index (κ3) is 2.33. The summed E-state index contributed by atoms with van der Waals surface area (Å²) in [5.74, 6) is 1.53. The van der Waals surface area contributed by atoms with Crippen molar-refractivity contribution in [3.05, 3.63) is 0 Å². The van der Waals surface area contributed by atoms with Crippen molar-refractivity contribution in [2.45, 2.75) is 45.2 Å². The molecular weight excluding hydrogens is 214 g/mol. The van der Waals surface area contributed by atoms with Gasteiger partial charge in [-0.2, -0.15) is 0 Å². The van der Waals surface area contributed by atoms with Crippen molar-refractivity contribution in [2.24, 2.45) is 29.2 Å². The summed E-state index contributed by atoms with van der Waals surface area (Å²) in [5, 5.41) is 0. The van der Waals surface area contributed by atoms with E-state index in [0.717, 1.165) is 25.9 Å². The highest BCUT2D eigenvalue weighted by atomic mass is 16.2. The topological polar surface area (TPSA) is 72.4 Å². The predicted molar refractivity (Wildman–Crippen MR) is 68.2 cm³/mol. The quantitative estimate of drug-likeness (QED) is 0.755. The van der Waals surface area contributed by atoms with Gasteiger partial charge in [0, 0.05) is 19.1 Å². The van der Waals surface area contributed by atoms with E-state index in [0.29, 0.717) is 11.8 Å². The maximum atomic E-state index is 12.2. The highest BCUT2D eigenvalue weighted by molar-refractivity contribution is 5.82. The molecule has 2 aliphatic rings. The third-order valence-electron chi connectivity index (χ3n) is 4.77. The first-order valence-corrected chi connectivity index (χ1v) is 6.84. The van der Waals surface area contributed by atoms with Crippen LogP contribution in [0.4, 0.5) is 0 Å². The van der Waals surface area contributed by atoms with Crippen LogP contribution < -0.4 is 11.5 Å². The lowest BCUT2D eigenvalue weighted by Gasteiger charge is -2.25. The Morgan fingerprint density at radius 1 is 1.41 bits per heavy atom. The molecule has 1 amide bonds. The maximum Gasteiger partial charge on any atom is 0.239 e. The molecule has 5 atom stereocenters. The van der Waals surface area contributed by atoms with E-state index in [2.05, 4.69) is 6.92 Å². The van der Waals surface area contributed by atoms with Crippen molar-refractivity contribution < 1.29 is 4.79 Å². The second-order valence-electron chi connectivity index (χ2n) is 5.82. The van der Waals surface area contributed by atoms with Gasteiger partial charge in [-0.1, -0.05) is 20.3 Å². The number of nitrogens with zero attached hydrogens (tertiary/aromatic N) is 1. The average molecular weight is 239 g/mol. The molecule has 0 bridgehead atoms. The SMILES string of the molecule is CCC(C)C(N)C(=O)N1CC2CCC(N)C2C1. The zero-order valence-corrected chi connectivity index (χ0v) is 10.9. The summed E-state index contributed by atoms with van der Waals surface area (Å²) >= 11 is 0. The number of likely N-dealkylation sites (tertiary alicyclic amines) is 1. The molecule has 4 N–H and O–H groups in total. The predicted octanol–water partition coefficient (Wildman–Crippen LogP) is 0.556. The Morgan fingerprint density at radius 3 is 2.71 bits per heavy atom. The Bertz CT molecular complexity index is 294. The molecule has 2 rings (SSSR count). The number of fused-ring (bicyclic) bond motifs is 1. The Balaban J connectivity index is 1.94.